The Morgan fingerprint density at radius 2 is 2.57 bits per heavy atom. The summed E-state index contributed by atoms with van der Waals surface area (Å²) >= 11 is 11.9. The van der Waals surface area contributed by atoms with Gasteiger partial charge in [-0.2, -0.15) is 0 Å². The third-order valence-corrected chi connectivity index (χ3v) is 1.57. The van der Waals surface area contributed by atoms with Crippen molar-refractivity contribution in [3.8, 4) is 0 Å². The summed E-state index contributed by atoms with van der Waals surface area (Å²) in [6.07, 6.45) is 0.0571. The summed E-state index contributed by atoms with van der Waals surface area (Å²) in [6, 6.07) is 0. The van der Waals surface area contributed by atoms with Crippen molar-refractivity contribution in [3.63, 3.8) is 0 Å². The van der Waals surface area contributed by atoms with Crippen LogP contribution < -0.4 is 0 Å². The normalized spacial score (nSPS) is 11.4. The van der Waals surface area contributed by atoms with Crippen molar-refractivity contribution in [1.29, 1.82) is 0 Å². The van der Waals surface area contributed by atoms with Crippen molar-refractivity contribution >= 4 is 34.5 Å². The third-order valence-electron chi connectivity index (χ3n) is 0.406. The highest BCUT2D eigenvalue weighted by Gasteiger charge is 1.90. The fourth-order valence-corrected chi connectivity index (χ4v) is 1.19. The number of aromatic nitrogens is 1. The molecule has 1 rings (SSSR count). The number of hydrogen-bond donors (Lipinski definition) is 0. The van der Waals surface area contributed by atoms with Crippen LogP contribution in [0.1, 0.15) is 1.37 Å². The molecule has 0 atom stereocenters. The molecule has 1 aromatic heterocycles. The first-order valence-electron chi connectivity index (χ1n) is 1.98. The van der Waals surface area contributed by atoms with E-state index in [1.807, 2.05) is 0 Å². The first-order chi connectivity index (χ1) is 3.70. The lowest BCUT2D eigenvalue weighted by molar-refractivity contribution is 1.43. The van der Waals surface area contributed by atoms with Crippen LogP contribution in [0.2, 0.25) is 8.80 Å². The van der Waals surface area contributed by atoms with E-state index in [0.717, 1.165) is 11.3 Å². The Labute approximate surface area is 56.3 Å². The quantitative estimate of drug-likeness (QED) is 0.560. The summed E-state index contributed by atoms with van der Waals surface area (Å²) < 4.78 is 7.59. The van der Waals surface area contributed by atoms with E-state index in [1.165, 1.54) is 0 Å². The van der Waals surface area contributed by atoms with Gasteiger partial charge in [0.25, 0.3) is 0 Å². The van der Waals surface area contributed by atoms with Crippen LogP contribution in [0, 0.1) is 0 Å². The van der Waals surface area contributed by atoms with Gasteiger partial charge in [-0.05, 0) is 0 Å². The minimum Gasteiger partial charge on any atom is -0.232 e. The molecule has 0 radical (unpaired) electrons. The maximum Gasteiger partial charge on any atom is 0.184 e. The molecule has 0 N–H and O–H groups in total. The molecule has 38 valence electrons. The molecule has 0 amide bonds. The molecule has 0 unspecified atom stereocenters. The smallest absolute Gasteiger partial charge is 0.184 e. The molecule has 1 nitrogen and oxygen atoms in total. The van der Waals surface area contributed by atoms with E-state index in [-0.39, 0.29) is 6.17 Å². The number of rotatable bonds is 0. The van der Waals surface area contributed by atoms with Gasteiger partial charge in [-0.1, -0.05) is 34.5 Å². The molecule has 0 aromatic carbocycles. The van der Waals surface area contributed by atoms with Crippen molar-refractivity contribution in [2.45, 2.75) is 0 Å². The lowest BCUT2D eigenvalue weighted by Crippen LogP contribution is -1.48. The first-order valence-corrected chi connectivity index (χ1v) is 3.06. The minimum atomic E-state index is 0.0571. The van der Waals surface area contributed by atoms with Crippen LogP contribution >= 0.6 is 34.5 Å². The molecule has 0 spiro atoms. The average molecular weight is 155 g/mol. The molecule has 7 heavy (non-hydrogen) atoms. The van der Waals surface area contributed by atoms with Crippen molar-refractivity contribution in [2.75, 3.05) is 0 Å². The van der Waals surface area contributed by atoms with E-state index in [2.05, 4.69) is 4.98 Å². The summed E-state index contributed by atoms with van der Waals surface area (Å²) in [5, 5.41) is 0. The highest BCUT2D eigenvalue weighted by atomic mass is 35.5. The third kappa shape index (κ3) is 1.30. The topological polar surface area (TPSA) is 12.9 Å². The zero-order valence-electron chi connectivity index (χ0n) is 4.11. The molecule has 0 aliphatic carbocycles. The van der Waals surface area contributed by atoms with Gasteiger partial charge in [0.05, 0.1) is 7.54 Å². The summed E-state index contributed by atoms with van der Waals surface area (Å²) in [6.45, 7) is 0. The van der Waals surface area contributed by atoms with Gasteiger partial charge in [0.15, 0.2) is 4.47 Å². The van der Waals surface area contributed by atoms with Crippen LogP contribution in [0.4, 0.5) is 0 Å². The van der Waals surface area contributed by atoms with E-state index in [1.54, 1.807) is 0 Å². The Kier molecular flexibility index (Phi) is 1.17. The van der Waals surface area contributed by atoms with Gasteiger partial charge in [-0.25, -0.2) is 4.98 Å². The summed E-state index contributed by atoms with van der Waals surface area (Å²) in [7, 11) is 0. The number of thiazole rings is 1. The van der Waals surface area contributed by atoms with Crippen molar-refractivity contribution in [2.24, 2.45) is 0 Å². The summed E-state index contributed by atoms with van der Waals surface area (Å²) in [4.78, 5) is 3.53. The number of halogens is 2. The number of nitrogens with zero attached hydrogens (tertiary/aromatic N) is 1. The fourth-order valence-electron chi connectivity index (χ4n) is 0.207. The van der Waals surface area contributed by atoms with Crippen LogP contribution in [-0.4, -0.2) is 4.98 Å². The molecule has 0 saturated heterocycles. The highest BCUT2D eigenvalue weighted by Crippen LogP contribution is 2.21. The van der Waals surface area contributed by atoms with E-state index in [0.29, 0.717) is 8.80 Å². The van der Waals surface area contributed by atoms with Gasteiger partial charge in [0.2, 0.25) is 0 Å². The molecule has 1 aromatic rings. The van der Waals surface area contributed by atoms with E-state index >= 15 is 0 Å². The number of hydrogen-bond acceptors (Lipinski definition) is 2. The predicted octanol–water partition coefficient (Wildman–Crippen LogP) is 2.45. The molecule has 0 aliphatic rings. The lowest BCUT2D eigenvalue weighted by atomic mass is 11.0. The van der Waals surface area contributed by atoms with Crippen LogP contribution in [0.15, 0.2) is 6.17 Å². The van der Waals surface area contributed by atoms with Crippen LogP contribution in [0.25, 0.3) is 0 Å². The average Bonchev–Trinajstić information content (AvgIpc) is 1.85. The Morgan fingerprint density at radius 1 is 1.86 bits per heavy atom. The van der Waals surface area contributed by atoms with Crippen LogP contribution in [-0.2, 0) is 0 Å². The van der Waals surface area contributed by atoms with Gasteiger partial charge in [-0.3, -0.25) is 0 Å². The zero-order valence-corrected chi connectivity index (χ0v) is 5.44. The van der Waals surface area contributed by atoms with Gasteiger partial charge >= 0.3 is 0 Å². The van der Waals surface area contributed by atoms with E-state index in [4.69, 9.17) is 24.6 Å². The minimum absolute atomic E-state index is 0.0571. The van der Waals surface area contributed by atoms with Crippen LogP contribution in [0.3, 0.4) is 0 Å². The second kappa shape index (κ2) is 1.99. The highest BCUT2D eigenvalue weighted by molar-refractivity contribution is 7.19. The fraction of sp³-hybridized carbons (Fsp3) is 0. The van der Waals surface area contributed by atoms with Crippen molar-refractivity contribution < 1.29 is 1.37 Å². The molecule has 0 fully saturated rings. The molecule has 0 bridgehead atoms. The summed E-state index contributed by atoms with van der Waals surface area (Å²) in [5.74, 6) is 0. The second-order valence-electron chi connectivity index (χ2n) is 0.852. The Balaban J connectivity index is 3.14. The van der Waals surface area contributed by atoms with Gasteiger partial charge in [-0.15, -0.1) is 0 Å². The van der Waals surface area contributed by atoms with Gasteiger partial charge in [0, 0.05) is 0 Å². The predicted molar refractivity (Wildman–Crippen MR) is 32.1 cm³/mol. The monoisotopic (exact) mass is 154 g/mol. The molecule has 4 heteroatoms. The molecule has 1 heterocycles. The Bertz CT molecular complexity index is 180. The maximum absolute atomic E-state index is 6.92. The molecule has 0 saturated carbocycles. The van der Waals surface area contributed by atoms with Gasteiger partial charge in [0.1, 0.15) is 4.34 Å². The standard InChI is InChI=1S/C3HCl2NS/c4-2-1-6-3(5)7-2/h1H/i1D. The molecular weight excluding hydrogens is 153 g/mol. The van der Waals surface area contributed by atoms with Gasteiger partial charge < -0.3 is 0 Å². The second-order valence-corrected chi connectivity index (χ2v) is 3.04. The van der Waals surface area contributed by atoms with E-state index < -0.39 is 0 Å². The largest absolute Gasteiger partial charge is 0.232 e. The van der Waals surface area contributed by atoms with Crippen molar-refractivity contribution in [1.82, 2.24) is 4.98 Å². The van der Waals surface area contributed by atoms with Crippen molar-refractivity contribution in [3.05, 3.63) is 15.0 Å². The Hall–Kier alpha value is 0.210. The first kappa shape index (κ1) is 4.13. The Morgan fingerprint density at radius 3 is 2.71 bits per heavy atom. The lowest BCUT2D eigenvalue weighted by Gasteiger charge is -1.63. The molecule has 0 aliphatic heterocycles. The SMILES string of the molecule is [2H]c1nc(Cl)sc1Cl. The van der Waals surface area contributed by atoms with Crippen LogP contribution in [0.5, 0.6) is 0 Å². The maximum atomic E-state index is 6.92. The zero-order chi connectivity index (χ0) is 6.15. The molecular formula is C3HCl2NS. The van der Waals surface area contributed by atoms with E-state index in [9.17, 15) is 0 Å². The summed E-state index contributed by atoms with van der Waals surface area (Å²) in [5.41, 5.74) is 0.